The van der Waals surface area contributed by atoms with Crippen LogP contribution < -0.4 is 9.64 Å². The van der Waals surface area contributed by atoms with Crippen LogP contribution >= 0.6 is 0 Å². The molecule has 0 atom stereocenters. The van der Waals surface area contributed by atoms with Crippen LogP contribution in [-0.2, 0) is 4.74 Å². The number of rotatable bonds is 5. The highest BCUT2D eigenvalue weighted by Gasteiger charge is 2.27. The molecule has 2 aliphatic heterocycles. The van der Waals surface area contributed by atoms with Crippen molar-refractivity contribution in [2.75, 3.05) is 51.4 Å². The van der Waals surface area contributed by atoms with E-state index in [0.29, 0.717) is 23.8 Å². The number of piperidine rings is 1. The van der Waals surface area contributed by atoms with Gasteiger partial charge in [0.1, 0.15) is 5.75 Å². The zero-order chi connectivity index (χ0) is 19.5. The Bertz CT molecular complexity index is 778. The number of nitrogens with zero attached hydrogens (tertiary/aromatic N) is 4. The lowest BCUT2D eigenvalue weighted by atomic mass is 10.0. The first-order valence-electron chi connectivity index (χ1n) is 10.2. The average Bonchev–Trinajstić information content (AvgIpc) is 3.24. The second-order valence-corrected chi connectivity index (χ2v) is 7.88. The highest BCUT2D eigenvalue weighted by molar-refractivity contribution is 5.59. The molecule has 0 N–H and O–H groups in total. The van der Waals surface area contributed by atoms with E-state index in [4.69, 9.17) is 14.0 Å². The molecule has 4 rings (SSSR count). The number of anilines is 1. The first-order chi connectivity index (χ1) is 13.7. The van der Waals surface area contributed by atoms with Crippen LogP contribution in [0.15, 0.2) is 22.7 Å². The summed E-state index contributed by atoms with van der Waals surface area (Å²) < 4.78 is 16.6. The van der Waals surface area contributed by atoms with Gasteiger partial charge in [0.2, 0.25) is 0 Å². The summed E-state index contributed by atoms with van der Waals surface area (Å²) in [7, 11) is 1.70. The Labute approximate surface area is 166 Å². The largest absolute Gasteiger partial charge is 0.496 e. The van der Waals surface area contributed by atoms with Gasteiger partial charge in [0, 0.05) is 37.8 Å². The number of aromatic nitrogens is 2. The molecular formula is C21H30N4O3. The smallest absolute Gasteiger partial charge is 0.266 e. The maximum Gasteiger partial charge on any atom is 0.266 e. The van der Waals surface area contributed by atoms with Crippen LogP contribution in [0.1, 0.15) is 38.2 Å². The summed E-state index contributed by atoms with van der Waals surface area (Å²) in [5.74, 6) is 2.48. The summed E-state index contributed by atoms with van der Waals surface area (Å²) in [4.78, 5) is 9.44. The first kappa shape index (κ1) is 19.2. The molecule has 0 radical (unpaired) electrons. The molecule has 2 aromatic rings. The SMILES string of the molecule is COc1cc(-c2nc(N3CCC(N4CCOCC4)CC3)no2)ccc1C(C)C. The Morgan fingerprint density at radius 2 is 1.86 bits per heavy atom. The molecule has 1 aromatic carbocycles. The number of ether oxygens (including phenoxy) is 2. The van der Waals surface area contributed by atoms with Gasteiger partial charge in [-0.05, 0) is 41.6 Å². The highest BCUT2D eigenvalue weighted by atomic mass is 16.5. The van der Waals surface area contributed by atoms with Crippen molar-refractivity contribution in [3.8, 4) is 17.2 Å². The molecule has 0 unspecified atom stereocenters. The van der Waals surface area contributed by atoms with Crippen molar-refractivity contribution in [1.29, 1.82) is 0 Å². The van der Waals surface area contributed by atoms with Crippen LogP contribution in [0.4, 0.5) is 5.95 Å². The average molecular weight is 386 g/mol. The zero-order valence-electron chi connectivity index (χ0n) is 17.1. The monoisotopic (exact) mass is 386 g/mol. The fraction of sp³-hybridized carbons (Fsp3) is 0.619. The fourth-order valence-corrected chi connectivity index (χ4v) is 4.16. The normalized spacial score (nSPS) is 19.4. The number of hydrogen-bond acceptors (Lipinski definition) is 7. The number of hydrogen-bond donors (Lipinski definition) is 0. The van der Waals surface area contributed by atoms with Crippen molar-refractivity contribution in [1.82, 2.24) is 15.0 Å². The second kappa shape index (κ2) is 8.49. The molecule has 1 aromatic heterocycles. The molecule has 2 saturated heterocycles. The summed E-state index contributed by atoms with van der Waals surface area (Å²) in [6.45, 7) is 10.0. The minimum Gasteiger partial charge on any atom is -0.496 e. The third kappa shape index (κ3) is 4.00. The minimum atomic E-state index is 0.398. The Kier molecular flexibility index (Phi) is 5.82. The molecule has 0 bridgehead atoms. The second-order valence-electron chi connectivity index (χ2n) is 7.88. The Balaban J connectivity index is 1.42. The Morgan fingerprint density at radius 1 is 1.11 bits per heavy atom. The first-order valence-corrected chi connectivity index (χ1v) is 10.2. The van der Waals surface area contributed by atoms with Crippen LogP contribution in [0.25, 0.3) is 11.5 Å². The van der Waals surface area contributed by atoms with E-state index in [2.05, 4.69) is 39.9 Å². The van der Waals surface area contributed by atoms with E-state index in [0.717, 1.165) is 63.5 Å². The molecular weight excluding hydrogens is 356 g/mol. The molecule has 28 heavy (non-hydrogen) atoms. The van der Waals surface area contributed by atoms with Gasteiger partial charge < -0.3 is 18.9 Å². The molecule has 0 spiro atoms. The van der Waals surface area contributed by atoms with E-state index in [1.54, 1.807) is 7.11 Å². The maximum absolute atomic E-state index is 5.56. The lowest BCUT2D eigenvalue weighted by Crippen LogP contribution is -2.49. The zero-order valence-corrected chi connectivity index (χ0v) is 17.1. The van der Waals surface area contributed by atoms with Crippen LogP contribution in [0, 0.1) is 0 Å². The lowest BCUT2D eigenvalue weighted by molar-refractivity contribution is 0.0114. The van der Waals surface area contributed by atoms with E-state index in [1.165, 1.54) is 5.56 Å². The lowest BCUT2D eigenvalue weighted by Gasteiger charge is -2.39. The van der Waals surface area contributed by atoms with Crippen LogP contribution in [0.2, 0.25) is 0 Å². The Hall–Kier alpha value is -2.12. The van der Waals surface area contributed by atoms with Crippen LogP contribution in [-0.4, -0.2) is 67.6 Å². The summed E-state index contributed by atoms with van der Waals surface area (Å²) in [5.41, 5.74) is 2.07. The van der Waals surface area contributed by atoms with Crippen molar-refractivity contribution in [3.05, 3.63) is 23.8 Å². The van der Waals surface area contributed by atoms with Gasteiger partial charge >= 0.3 is 0 Å². The van der Waals surface area contributed by atoms with Crippen molar-refractivity contribution in [3.63, 3.8) is 0 Å². The fourth-order valence-electron chi connectivity index (χ4n) is 4.16. The molecule has 152 valence electrons. The number of benzene rings is 1. The highest BCUT2D eigenvalue weighted by Crippen LogP contribution is 2.32. The van der Waals surface area contributed by atoms with E-state index < -0.39 is 0 Å². The molecule has 2 fully saturated rings. The van der Waals surface area contributed by atoms with Crippen LogP contribution in [0.3, 0.4) is 0 Å². The minimum absolute atomic E-state index is 0.398. The molecule has 0 aliphatic carbocycles. The van der Waals surface area contributed by atoms with Gasteiger partial charge in [-0.3, -0.25) is 4.90 Å². The van der Waals surface area contributed by atoms with Gasteiger partial charge in [-0.25, -0.2) is 0 Å². The van der Waals surface area contributed by atoms with Gasteiger partial charge in [-0.15, -0.1) is 0 Å². The van der Waals surface area contributed by atoms with E-state index in [1.807, 2.05) is 12.1 Å². The summed E-state index contributed by atoms with van der Waals surface area (Å²) in [5, 5.41) is 4.23. The number of methoxy groups -OCH3 is 1. The third-order valence-corrected chi connectivity index (χ3v) is 5.83. The van der Waals surface area contributed by atoms with Crippen LogP contribution in [0.5, 0.6) is 5.75 Å². The number of morpholine rings is 1. The molecule has 7 nitrogen and oxygen atoms in total. The Morgan fingerprint density at radius 3 is 2.54 bits per heavy atom. The van der Waals surface area contributed by atoms with Gasteiger partial charge in [0.05, 0.1) is 20.3 Å². The van der Waals surface area contributed by atoms with Crippen molar-refractivity contribution < 1.29 is 14.0 Å². The quantitative estimate of drug-likeness (QED) is 0.782. The molecule has 3 heterocycles. The third-order valence-electron chi connectivity index (χ3n) is 5.83. The van der Waals surface area contributed by atoms with Gasteiger partial charge in [-0.2, -0.15) is 4.98 Å². The molecule has 0 saturated carbocycles. The summed E-state index contributed by atoms with van der Waals surface area (Å²) >= 11 is 0. The topological polar surface area (TPSA) is 63.9 Å². The van der Waals surface area contributed by atoms with E-state index in [9.17, 15) is 0 Å². The molecule has 2 aliphatic rings. The molecule has 7 heteroatoms. The van der Waals surface area contributed by atoms with E-state index >= 15 is 0 Å². The predicted molar refractivity (Wildman–Crippen MR) is 108 cm³/mol. The van der Waals surface area contributed by atoms with Gasteiger partial charge in [0.15, 0.2) is 0 Å². The van der Waals surface area contributed by atoms with E-state index in [-0.39, 0.29) is 0 Å². The van der Waals surface area contributed by atoms with Crippen molar-refractivity contribution in [2.24, 2.45) is 0 Å². The standard InChI is InChI=1S/C21H30N4O3/c1-15(2)18-5-4-16(14-19(18)26-3)20-22-21(23-28-20)25-8-6-17(7-9-25)24-10-12-27-13-11-24/h4-5,14-15,17H,6-13H2,1-3H3. The van der Waals surface area contributed by atoms with Crippen molar-refractivity contribution in [2.45, 2.75) is 38.6 Å². The van der Waals surface area contributed by atoms with Gasteiger partial charge in [0.25, 0.3) is 11.8 Å². The van der Waals surface area contributed by atoms with Crippen molar-refractivity contribution >= 4 is 5.95 Å². The maximum atomic E-state index is 5.56. The summed E-state index contributed by atoms with van der Waals surface area (Å²) in [6.07, 6.45) is 2.25. The van der Waals surface area contributed by atoms with Gasteiger partial charge in [-0.1, -0.05) is 19.9 Å². The predicted octanol–water partition coefficient (Wildman–Crippen LogP) is 3.17. The summed E-state index contributed by atoms with van der Waals surface area (Å²) in [6, 6.07) is 6.73. The molecule has 0 amide bonds.